The smallest absolute Gasteiger partial charge is 0.262 e. The highest BCUT2D eigenvalue weighted by Crippen LogP contribution is 2.26. The van der Waals surface area contributed by atoms with E-state index in [1.165, 1.54) is 0 Å². The van der Waals surface area contributed by atoms with Gasteiger partial charge in [-0.3, -0.25) is 0 Å². The first-order chi connectivity index (χ1) is 9.98. The molecule has 0 amide bonds. The van der Waals surface area contributed by atoms with Crippen LogP contribution in [0.1, 0.15) is 18.7 Å². The van der Waals surface area contributed by atoms with E-state index in [1.54, 1.807) is 41.6 Å². The maximum absolute atomic E-state index is 12.8. The second kappa shape index (κ2) is 5.27. The first-order valence-electron chi connectivity index (χ1n) is 6.96. The SMILES string of the molecule is Cc1nc(S(=O)(=O)N2CCCC2Cn2ccnc2)cn1C. The van der Waals surface area contributed by atoms with Crippen LogP contribution in [0.5, 0.6) is 0 Å². The summed E-state index contributed by atoms with van der Waals surface area (Å²) >= 11 is 0. The van der Waals surface area contributed by atoms with E-state index in [2.05, 4.69) is 9.97 Å². The van der Waals surface area contributed by atoms with Gasteiger partial charge in [0, 0.05) is 44.8 Å². The molecule has 1 fully saturated rings. The molecular formula is C13H19N5O2S. The van der Waals surface area contributed by atoms with Gasteiger partial charge in [-0.25, -0.2) is 18.4 Å². The lowest BCUT2D eigenvalue weighted by Gasteiger charge is -2.23. The minimum absolute atomic E-state index is 0.0356. The number of nitrogens with zero attached hydrogens (tertiary/aromatic N) is 5. The molecule has 1 aliphatic heterocycles. The summed E-state index contributed by atoms with van der Waals surface area (Å²) in [5, 5.41) is 0.139. The maximum atomic E-state index is 12.8. The molecule has 0 N–H and O–H groups in total. The third kappa shape index (κ3) is 2.60. The second-order valence-corrected chi connectivity index (χ2v) is 7.25. The van der Waals surface area contributed by atoms with Crippen LogP contribution in [0.15, 0.2) is 29.9 Å². The molecule has 2 aromatic heterocycles. The van der Waals surface area contributed by atoms with Crippen molar-refractivity contribution < 1.29 is 8.42 Å². The van der Waals surface area contributed by atoms with Crippen LogP contribution in [0.4, 0.5) is 0 Å². The van der Waals surface area contributed by atoms with Crippen molar-refractivity contribution in [3.8, 4) is 0 Å². The van der Waals surface area contributed by atoms with Crippen LogP contribution >= 0.6 is 0 Å². The van der Waals surface area contributed by atoms with E-state index < -0.39 is 10.0 Å². The average Bonchev–Trinajstić information content (AvgIpc) is 3.14. The standard InChI is InChI=1S/C13H19N5O2S/c1-11-15-13(9-16(11)2)21(19,20)18-6-3-4-12(18)8-17-7-5-14-10-17/h5,7,9-10,12H,3-4,6,8H2,1-2H3. The molecule has 0 radical (unpaired) electrons. The molecule has 114 valence electrons. The van der Waals surface area contributed by atoms with Gasteiger partial charge in [0.05, 0.1) is 6.33 Å². The van der Waals surface area contributed by atoms with E-state index in [4.69, 9.17) is 0 Å². The Morgan fingerprint density at radius 1 is 1.43 bits per heavy atom. The summed E-state index contributed by atoms with van der Waals surface area (Å²) in [5.74, 6) is 0.693. The zero-order valence-corrected chi connectivity index (χ0v) is 13.0. The highest BCUT2D eigenvalue weighted by molar-refractivity contribution is 7.89. The molecule has 0 aliphatic carbocycles. The molecule has 21 heavy (non-hydrogen) atoms. The van der Waals surface area contributed by atoms with Crippen LogP contribution in [-0.4, -0.2) is 44.4 Å². The summed E-state index contributed by atoms with van der Waals surface area (Å²) in [7, 11) is -1.73. The van der Waals surface area contributed by atoms with Crippen LogP contribution in [0.2, 0.25) is 0 Å². The predicted octanol–water partition coefficient (Wildman–Crippen LogP) is 0.778. The van der Waals surface area contributed by atoms with Gasteiger partial charge in [-0.05, 0) is 19.8 Å². The third-order valence-electron chi connectivity index (χ3n) is 3.96. The molecule has 7 nitrogen and oxygen atoms in total. The summed E-state index contributed by atoms with van der Waals surface area (Å²) in [5.41, 5.74) is 0. The van der Waals surface area contributed by atoms with Gasteiger partial charge in [0.2, 0.25) is 0 Å². The zero-order chi connectivity index (χ0) is 15.0. The van der Waals surface area contributed by atoms with Crippen LogP contribution in [0.3, 0.4) is 0 Å². The third-order valence-corrected chi connectivity index (χ3v) is 5.79. The second-order valence-electron chi connectivity index (χ2n) is 5.41. The minimum atomic E-state index is -3.53. The fourth-order valence-electron chi connectivity index (χ4n) is 2.72. The van der Waals surface area contributed by atoms with Gasteiger partial charge in [0.1, 0.15) is 5.82 Å². The number of aromatic nitrogens is 4. The number of hydrogen-bond donors (Lipinski definition) is 0. The van der Waals surface area contributed by atoms with Gasteiger partial charge in [-0.2, -0.15) is 4.31 Å². The van der Waals surface area contributed by atoms with E-state index in [1.807, 2.05) is 10.8 Å². The number of aryl methyl sites for hydroxylation is 2. The minimum Gasteiger partial charge on any atom is -0.337 e. The van der Waals surface area contributed by atoms with Gasteiger partial charge in [-0.1, -0.05) is 0 Å². The topological polar surface area (TPSA) is 73.0 Å². The quantitative estimate of drug-likeness (QED) is 0.836. The van der Waals surface area contributed by atoms with Crippen LogP contribution in [0.25, 0.3) is 0 Å². The van der Waals surface area contributed by atoms with Gasteiger partial charge < -0.3 is 9.13 Å². The fraction of sp³-hybridized carbons (Fsp3) is 0.538. The van der Waals surface area contributed by atoms with Crippen LogP contribution in [-0.2, 0) is 23.6 Å². The summed E-state index contributed by atoms with van der Waals surface area (Å²) in [6.45, 7) is 2.98. The van der Waals surface area contributed by atoms with Crippen molar-refractivity contribution >= 4 is 10.0 Å². The molecule has 3 heterocycles. The van der Waals surface area contributed by atoms with E-state index in [9.17, 15) is 8.42 Å². The predicted molar refractivity (Wildman–Crippen MR) is 77.1 cm³/mol. The highest BCUT2D eigenvalue weighted by Gasteiger charge is 2.36. The Hall–Kier alpha value is -1.67. The Morgan fingerprint density at radius 3 is 2.86 bits per heavy atom. The summed E-state index contributed by atoms with van der Waals surface area (Å²) in [4.78, 5) is 8.18. The average molecular weight is 309 g/mol. The maximum Gasteiger partial charge on any atom is 0.262 e. The molecule has 3 rings (SSSR count). The fourth-order valence-corrected chi connectivity index (χ4v) is 4.43. The van der Waals surface area contributed by atoms with Crippen molar-refractivity contribution in [3.63, 3.8) is 0 Å². The molecule has 0 spiro atoms. The molecule has 1 aliphatic rings. The van der Waals surface area contributed by atoms with E-state index in [0.717, 1.165) is 12.8 Å². The normalized spacial score (nSPS) is 20.2. The van der Waals surface area contributed by atoms with Gasteiger partial charge in [-0.15, -0.1) is 0 Å². The van der Waals surface area contributed by atoms with Gasteiger partial charge >= 0.3 is 0 Å². The summed E-state index contributed by atoms with van der Waals surface area (Å²) < 4.78 is 30.8. The Bertz CT molecular complexity index is 700. The Balaban J connectivity index is 1.86. The number of imidazole rings is 2. The molecule has 1 atom stereocenters. The first-order valence-corrected chi connectivity index (χ1v) is 8.40. The van der Waals surface area contributed by atoms with E-state index in [0.29, 0.717) is 18.9 Å². The molecule has 0 bridgehead atoms. The lowest BCUT2D eigenvalue weighted by Crippen LogP contribution is -2.38. The molecule has 1 saturated heterocycles. The van der Waals surface area contributed by atoms with Crippen molar-refractivity contribution in [2.24, 2.45) is 7.05 Å². The van der Waals surface area contributed by atoms with Crippen molar-refractivity contribution in [3.05, 3.63) is 30.7 Å². The molecule has 8 heteroatoms. The van der Waals surface area contributed by atoms with E-state index in [-0.39, 0.29) is 11.1 Å². The van der Waals surface area contributed by atoms with Gasteiger partial charge in [0.25, 0.3) is 10.0 Å². The molecule has 0 saturated carbocycles. The van der Waals surface area contributed by atoms with Crippen LogP contribution < -0.4 is 0 Å². The highest BCUT2D eigenvalue weighted by atomic mass is 32.2. The number of sulfonamides is 1. The Kier molecular flexibility index (Phi) is 3.58. The Morgan fingerprint density at radius 2 is 2.24 bits per heavy atom. The monoisotopic (exact) mass is 309 g/mol. The summed E-state index contributed by atoms with van der Waals surface area (Å²) in [6.07, 6.45) is 8.60. The van der Waals surface area contributed by atoms with Crippen molar-refractivity contribution in [1.29, 1.82) is 0 Å². The summed E-state index contributed by atoms with van der Waals surface area (Å²) in [6, 6.07) is -0.0356. The molecular weight excluding hydrogens is 290 g/mol. The Labute approximate surface area is 124 Å². The zero-order valence-electron chi connectivity index (χ0n) is 12.2. The van der Waals surface area contributed by atoms with Crippen molar-refractivity contribution in [2.75, 3.05) is 6.54 Å². The molecule has 0 aromatic carbocycles. The number of rotatable bonds is 4. The first kappa shape index (κ1) is 14.3. The molecule has 2 aromatic rings. The lowest BCUT2D eigenvalue weighted by atomic mass is 10.2. The molecule has 1 unspecified atom stereocenters. The van der Waals surface area contributed by atoms with Gasteiger partial charge in [0.15, 0.2) is 5.03 Å². The largest absolute Gasteiger partial charge is 0.337 e. The van der Waals surface area contributed by atoms with Crippen LogP contribution in [0, 0.1) is 6.92 Å². The van der Waals surface area contributed by atoms with E-state index >= 15 is 0 Å². The lowest BCUT2D eigenvalue weighted by molar-refractivity contribution is 0.351. The number of hydrogen-bond acceptors (Lipinski definition) is 4. The van der Waals surface area contributed by atoms with Crippen molar-refractivity contribution in [1.82, 2.24) is 23.4 Å². The van der Waals surface area contributed by atoms with Crippen molar-refractivity contribution in [2.45, 2.75) is 37.4 Å².